The molecule has 5 rings (SSSR count). The van der Waals surface area contributed by atoms with Gasteiger partial charge in [-0.3, -0.25) is 14.9 Å². The molecule has 3 aromatic rings. The lowest BCUT2D eigenvalue weighted by Gasteiger charge is -2.40. The first-order valence-electron chi connectivity index (χ1n) is 11.7. The van der Waals surface area contributed by atoms with Crippen LogP contribution in [0, 0.1) is 15.5 Å². The van der Waals surface area contributed by atoms with Crippen LogP contribution >= 0.6 is 34.8 Å². The number of nitrogens with zero attached hydrogens (tertiary/aromatic N) is 2. The quantitative estimate of drug-likeness (QED) is 0.246. The van der Waals surface area contributed by atoms with E-state index in [1.54, 1.807) is 41.3 Å². The lowest BCUT2D eigenvalue weighted by atomic mass is 9.83. The summed E-state index contributed by atoms with van der Waals surface area (Å²) in [5.41, 5.74) is 1.13. The molecule has 1 aliphatic carbocycles. The van der Waals surface area contributed by atoms with Crippen LogP contribution in [0.3, 0.4) is 0 Å². The molecular weight excluding hydrogens is 539 g/mol. The highest BCUT2D eigenvalue weighted by atomic mass is 35.5. The molecule has 3 aromatic carbocycles. The summed E-state index contributed by atoms with van der Waals surface area (Å²) < 4.78 is 6.27. The normalized spacial score (nSPS) is 19.7. The third-order valence-corrected chi connectivity index (χ3v) is 8.24. The van der Waals surface area contributed by atoms with Crippen LogP contribution in [0.2, 0.25) is 15.1 Å². The third kappa shape index (κ3) is 4.71. The molecule has 0 saturated heterocycles. The van der Waals surface area contributed by atoms with Gasteiger partial charge in [-0.2, -0.15) is 0 Å². The number of halogens is 3. The SMILES string of the molecule is O=C1c2cc(Cl)c(Cl)cc2C(COCC2(CO)CC2)(c2ccc(Cl)cc2)N1Cc1ccc([N+](=O)[O-])cc1. The van der Waals surface area contributed by atoms with E-state index in [9.17, 15) is 20.0 Å². The minimum absolute atomic E-state index is 0.0322. The molecule has 1 saturated carbocycles. The zero-order valence-corrected chi connectivity index (χ0v) is 21.9. The fourth-order valence-corrected chi connectivity index (χ4v) is 5.31. The molecule has 1 unspecified atom stereocenters. The van der Waals surface area contributed by atoms with E-state index in [-0.39, 0.29) is 41.8 Å². The first kappa shape index (κ1) is 25.9. The zero-order valence-electron chi connectivity index (χ0n) is 19.6. The molecule has 0 aromatic heterocycles. The Bertz CT molecular complexity index is 1360. The Balaban J connectivity index is 1.63. The highest BCUT2D eigenvalue weighted by molar-refractivity contribution is 6.42. The van der Waals surface area contributed by atoms with Gasteiger partial charge in [0.1, 0.15) is 5.54 Å². The van der Waals surface area contributed by atoms with Crippen LogP contribution in [0.15, 0.2) is 60.7 Å². The second kappa shape index (κ2) is 9.89. The molecular formula is C27H23Cl3N2O5. The molecule has 2 aliphatic rings. The number of ether oxygens (including phenoxy) is 1. The van der Waals surface area contributed by atoms with E-state index < -0.39 is 10.5 Å². The minimum atomic E-state index is -1.08. The molecule has 1 atom stereocenters. The number of amides is 1. The second-order valence-electron chi connectivity index (χ2n) is 9.64. The molecule has 192 valence electrons. The van der Waals surface area contributed by atoms with Crippen LogP contribution in [0.25, 0.3) is 0 Å². The summed E-state index contributed by atoms with van der Waals surface area (Å²) in [4.78, 5) is 26.3. The first-order chi connectivity index (χ1) is 17.7. The lowest BCUT2D eigenvalue weighted by molar-refractivity contribution is -0.384. The number of benzene rings is 3. The van der Waals surface area contributed by atoms with E-state index in [0.717, 1.165) is 18.4 Å². The van der Waals surface area contributed by atoms with Crippen LogP contribution in [0.1, 0.15) is 39.9 Å². The van der Waals surface area contributed by atoms with Gasteiger partial charge in [-0.25, -0.2) is 0 Å². The van der Waals surface area contributed by atoms with Crippen LogP contribution in [-0.4, -0.2) is 40.7 Å². The Morgan fingerprint density at radius 2 is 1.62 bits per heavy atom. The van der Waals surface area contributed by atoms with Gasteiger partial charge in [0.2, 0.25) is 0 Å². The number of rotatable bonds is 9. The molecule has 7 nitrogen and oxygen atoms in total. The van der Waals surface area contributed by atoms with E-state index in [1.165, 1.54) is 12.1 Å². The number of nitro groups is 1. The van der Waals surface area contributed by atoms with Crippen LogP contribution in [-0.2, 0) is 16.8 Å². The van der Waals surface area contributed by atoms with E-state index in [4.69, 9.17) is 39.5 Å². The number of hydrogen-bond donors (Lipinski definition) is 1. The minimum Gasteiger partial charge on any atom is -0.396 e. The number of non-ortho nitro benzene ring substituents is 1. The molecule has 1 aliphatic heterocycles. The highest BCUT2D eigenvalue weighted by Gasteiger charge is 2.52. The van der Waals surface area contributed by atoms with E-state index in [2.05, 4.69) is 0 Å². The Hall–Kier alpha value is -2.68. The molecule has 1 fully saturated rings. The Kier molecular flexibility index (Phi) is 6.94. The smallest absolute Gasteiger partial charge is 0.269 e. The Morgan fingerprint density at radius 1 is 0.973 bits per heavy atom. The summed E-state index contributed by atoms with van der Waals surface area (Å²) in [5, 5.41) is 22.0. The van der Waals surface area contributed by atoms with Gasteiger partial charge in [0, 0.05) is 34.7 Å². The average molecular weight is 562 g/mol. The number of nitro benzene ring substituents is 1. The van der Waals surface area contributed by atoms with Crippen molar-refractivity contribution in [2.75, 3.05) is 19.8 Å². The molecule has 1 heterocycles. The van der Waals surface area contributed by atoms with Crippen molar-refractivity contribution in [3.05, 3.63) is 108 Å². The molecule has 1 amide bonds. The van der Waals surface area contributed by atoms with Crippen molar-refractivity contribution in [3.8, 4) is 0 Å². The maximum absolute atomic E-state index is 13.9. The Labute approximate surface area is 228 Å². The second-order valence-corrected chi connectivity index (χ2v) is 10.9. The van der Waals surface area contributed by atoms with Gasteiger partial charge in [0.25, 0.3) is 11.6 Å². The number of aliphatic hydroxyl groups excluding tert-OH is 1. The molecule has 37 heavy (non-hydrogen) atoms. The van der Waals surface area contributed by atoms with Crippen molar-refractivity contribution in [1.82, 2.24) is 4.90 Å². The fraction of sp³-hybridized carbons (Fsp3) is 0.296. The summed E-state index contributed by atoms with van der Waals surface area (Å²) in [6.07, 6.45) is 1.75. The number of aliphatic hydroxyl groups is 1. The average Bonchev–Trinajstić information content (AvgIpc) is 3.64. The van der Waals surface area contributed by atoms with Gasteiger partial charge < -0.3 is 14.7 Å². The van der Waals surface area contributed by atoms with Crippen molar-refractivity contribution in [3.63, 3.8) is 0 Å². The zero-order chi connectivity index (χ0) is 26.4. The van der Waals surface area contributed by atoms with E-state index >= 15 is 0 Å². The summed E-state index contributed by atoms with van der Waals surface area (Å²) in [5.74, 6) is -0.270. The maximum Gasteiger partial charge on any atom is 0.269 e. The van der Waals surface area contributed by atoms with Crippen molar-refractivity contribution in [2.24, 2.45) is 5.41 Å². The lowest BCUT2D eigenvalue weighted by Crippen LogP contribution is -2.48. The van der Waals surface area contributed by atoms with Gasteiger partial charge in [-0.05, 0) is 53.8 Å². The largest absolute Gasteiger partial charge is 0.396 e. The standard InChI is InChI=1S/C27H23Cl3N2O5/c28-19-5-3-18(4-6-19)27(16-37-15-26(14-33)9-10-26)22-12-24(30)23(29)11-21(22)25(34)31(27)13-17-1-7-20(8-2-17)32(35)36/h1-8,11-12,33H,9-10,13-16H2. The van der Waals surface area contributed by atoms with Crippen molar-refractivity contribution in [2.45, 2.75) is 24.9 Å². The summed E-state index contributed by atoms with van der Waals surface area (Å²) in [7, 11) is 0. The van der Waals surface area contributed by atoms with Gasteiger partial charge in [-0.15, -0.1) is 0 Å². The number of carbonyl (C=O) groups is 1. The predicted octanol–water partition coefficient (Wildman–Crippen LogP) is 6.24. The predicted molar refractivity (Wildman–Crippen MR) is 141 cm³/mol. The molecule has 0 bridgehead atoms. The summed E-state index contributed by atoms with van der Waals surface area (Å²) in [6, 6.07) is 16.5. The van der Waals surface area contributed by atoms with Crippen LogP contribution < -0.4 is 0 Å². The van der Waals surface area contributed by atoms with Crippen molar-refractivity contribution >= 4 is 46.4 Å². The highest BCUT2D eigenvalue weighted by Crippen LogP contribution is 2.49. The van der Waals surface area contributed by atoms with E-state index in [1.807, 2.05) is 12.1 Å². The van der Waals surface area contributed by atoms with Crippen LogP contribution in [0.5, 0.6) is 0 Å². The number of carbonyl (C=O) groups excluding carboxylic acids is 1. The number of fused-ring (bicyclic) bond motifs is 1. The van der Waals surface area contributed by atoms with Gasteiger partial charge >= 0.3 is 0 Å². The monoisotopic (exact) mass is 560 g/mol. The van der Waals surface area contributed by atoms with Crippen molar-refractivity contribution < 1.29 is 19.6 Å². The molecule has 0 spiro atoms. The molecule has 10 heteroatoms. The van der Waals surface area contributed by atoms with Gasteiger partial charge in [-0.1, -0.05) is 59.1 Å². The van der Waals surface area contributed by atoms with Crippen molar-refractivity contribution in [1.29, 1.82) is 0 Å². The third-order valence-electron chi connectivity index (χ3n) is 7.26. The molecule has 0 radical (unpaired) electrons. The van der Waals surface area contributed by atoms with Gasteiger partial charge in [0.15, 0.2) is 0 Å². The number of hydrogen-bond acceptors (Lipinski definition) is 5. The van der Waals surface area contributed by atoms with E-state index in [0.29, 0.717) is 33.3 Å². The first-order valence-corrected chi connectivity index (χ1v) is 12.8. The summed E-state index contributed by atoms with van der Waals surface area (Å²) in [6.45, 7) is 0.622. The Morgan fingerprint density at radius 3 is 2.22 bits per heavy atom. The summed E-state index contributed by atoms with van der Waals surface area (Å²) >= 11 is 19.0. The fourth-order valence-electron chi connectivity index (χ4n) is 4.86. The maximum atomic E-state index is 13.9. The topological polar surface area (TPSA) is 92.9 Å². The molecule has 1 N–H and O–H groups in total. The van der Waals surface area contributed by atoms with Gasteiger partial charge in [0.05, 0.1) is 34.8 Å². The van der Waals surface area contributed by atoms with Crippen LogP contribution in [0.4, 0.5) is 5.69 Å².